The molecule has 1 aliphatic heterocycles. The van der Waals surface area contributed by atoms with E-state index in [-0.39, 0.29) is 11.8 Å². The highest BCUT2D eigenvalue weighted by atomic mass is 16.6. The van der Waals surface area contributed by atoms with Crippen molar-refractivity contribution in [2.24, 2.45) is 0 Å². The van der Waals surface area contributed by atoms with Crippen LogP contribution in [0.15, 0.2) is 18.2 Å². The molecule has 2 heterocycles. The molecule has 7 heteroatoms. The summed E-state index contributed by atoms with van der Waals surface area (Å²) >= 11 is 0. The van der Waals surface area contributed by atoms with E-state index in [2.05, 4.69) is 4.98 Å². The number of nitrogens with one attached hydrogen (secondary N) is 2. The van der Waals surface area contributed by atoms with Crippen molar-refractivity contribution in [3.05, 3.63) is 46.3 Å². The normalized spacial score (nSPS) is 14.9. The van der Waals surface area contributed by atoms with Gasteiger partial charge in [-0.3, -0.25) is 4.79 Å². The van der Waals surface area contributed by atoms with Crippen LogP contribution in [0.4, 0.5) is 0 Å². The number of carbonyl (C=O) groups excluding carboxylic acids is 2. The first-order valence-corrected chi connectivity index (χ1v) is 9.94. The Balaban J connectivity index is 1.74. The first-order valence-electron chi connectivity index (χ1n) is 9.94. The molecule has 156 valence electrons. The van der Waals surface area contributed by atoms with E-state index >= 15 is 0 Å². The zero-order valence-corrected chi connectivity index (χ0v) is 17.7. The van der Waals surface area contributed by atoms with Crippen LogP contribution in [0.3, 0.4) is 0 Å². The number of likely N-dealkylation sites (N-methyl/N-ethyl adjacent to an activating group) is 1. The third kappa shape index (κ3) is 4.29. The lowest BCUT2D eigenvalue weighted by Gasteiger charge is -2.22. The number of fused-ring (bicyclic) bond motifs is 1. The zero-order valence-electron chi connectivity index (χ0n) is 17.7. The van der Waals surface area contributed by atoms with Gasteiger partial charge in [0.05, 0.1) is 24.9 Å². The number of carbonyl (C=O) groups is 2. The third-order valence-electron chi connectivity index (χ3n) is 5.39. The van der Waals surface area contributed by atoms with Gasteiger partial charge in [-0.25, -0.2) is 4.79 Å². The standard InChI is InChI=1S/C22H28N2O5/c1-6-27-22(26)19-13(2)20(23-14(19)3)21(25)15(4)24(5)12-16-7-8-17-18(11-16)29-10-9-28-17/h7-8,11,15,23H,6,9-10,12H2,1-5H3/p+1/t15-/m0/s1. The van der Waals surface area contributed by atoms with Crippen molar-refractivity contribution in [3.63, 3.8) is 0 Å². The van der Waals surface area contributed by atoms with E-state index in [0.717, 1.165) is 22.0 Å². The highest BCUT2D eigenvalue weighted by Gasteiger charge is 2.29. The number of benzene rings is 1. The summed E-state index contributed by atoms with van der Waals surface area (Å²) in [6.07, 6.45) is 0. The van der Waals surface area contributed by atoms with Gasteiger partial charge in [0.15, 0.2) is 17.5 Å². The summed E-state index contributed by atoms with van der Waals surface area (Å²) in [7, 11) is 1.98. The van der Waals surface area contributed by atoms with Crippen LogP contribution in [0.25, 0.3) is 0 Å². The molecule has 1 aromatic carbocycles. The maximum absolute atomic E-state index is 13.1. The van der Waals surface area contributed by atoms with E-state index < -0.39 is 5.97 Å². The van der Waals surface area contributed by atoms with E-state index in [9.17, 15) is 9.59 Å². The van der Waals surface area contributed by atoms with Crippen molar-refractivity contribution in [3.8, 4) is 11.5 Å². The van der Waals surface area contributed by atoms with Crippen LogP contribution in [0, 0.1) is 13.8 Å². The van der Waals surface area contributed by atoms with Gasteiger partial charge >= 0.3 is 5.97 Å². The summed E-state index contributed by atoms with van der Waals surface area (Å²) in [6.45, 7) is 9.29. The van der Waals surface area contributed by atoms with Gasteiger partial charge in [0.2, 0.25) is 5.78 Å². The van der Waals surface area contributed by atoms with Crippen molar-refractivity contribution in [2.45, 2.75) is 40.3 Å². The quantitative estimate of drug-likeness (QED) is 0.547. The van der Waals surface area contributed by atoms with E-state index in [1.807, 2.05) is 32.2 Å². The molecule has 0 saturated heterocycles. The number of hydrogen-bond donors (Lipinski definition) is 2. The fraction of sp³-hybridized carbons (Fsp3) is 0.455. The first-order chi connectivity index (χ1) is 13.8. The summed E-state index contributed by atoms with van der Waals surface area (Å²) in [5, 5.41) is 0. The average molecular weight is 401 g/mol. The van der Waals surface area contributed by atoms with Gasteiger partial charge in [-0.05, 0) is 51.5 Å². The van der Waals surface area contributed by atoms with Gasteiger partial charge in [0.1, 0.15) is 19.8 Å². The smallest absolute Gasteiger partial charge is 0.340 e. The number of hydrogen-bond acceptors (Lipinski definition) is 5. The van der Waals surface area contributed by atoms with Gasteiger partial charge in [-0.1, -0.05) is 0 Å². The predicted molar refractivity (Wildman–Crippen MR) is 108 cm³/mol. The SMILES string of the molecule is CCOC(=O)c1c(C)[nH]c(C(=O)[C@H](C)[NH+](C)Cc2ccc3c(c2)OCCO3)c1C. The number of rotatable bonds is 7. The Morgan fingerprint density at radius 3 is 2.59 bits per heavy atom. The molecule has 7 nitrogen and oxygen atoms in total. The maximum atomic E-state index is 13.1. The lowest BCUT2D eigenvalue weighted by Crippen LogP contribution is -3.12. The number of esters is 1. The van der Waals surface area contributed by atoms with Gasteiger partial charge in [-0.2, -0.15) is 0 Å². The number of H-pyrrole nitrogens is 1. The molecule has 1 aromatic heterocycles. The van der Waals surface area contributed by atoms with Crippen molar-refractivity contribution in [1.82, 2.24) is 4.98 Å². The number of ketones is 1. The Morgan fingerprint density at radius 1 is 1.21 bits per heavy atom. The van der Waals surface area contributed by atoms with Crippen molar-refractivity contribution < 1.29 is 28.7 Å². The fourth-order valence-electron chi connectivity index (χ4n) is 3.62. The second-order valence-electron chi connectivity index (χ2n) is 7.43. The van der Waals surface area contributed by atoms with E-state index in [4.69, 9.17) is 14.2 Å². The van der Waals surface area contributed by atoms with Crippen LogP contribution in [-0.4, -0.2) is 49.6 Å². The fourth-order valence-corrected chi connectivity index (χ4v) is 3.62. The van der Waals surface area contributed by atoms with Crippen molar-refractivity contribution in [2.75, 3.05) is 26.9 Å². The Bertz CT molecular complexity index is 918. The molecule has 2 atom stereocenters. The Labute approximate surface area is 170 Å². The molecule has 0 radical (unpaired) electrons. The van der Waals surface area contributed by atoms with Gasteiger partial charge < -0.3 is 24.1 Å². The minimum Gasteiger partial charge on any atom is -0.486 e. The highest BCUT2D eigenvalue weighted by molar-refractivity contribution is 6.03. The predicted octanol–water partition coefficient (Wildman–Crippen LogP) is 1.87. The zero-order chi connectivity index (χ0) is 21.1. The summed E-state index contributed by atoms with van der Waals surface area (Å²) in [5.74, 6) is 1.07. The monoisotopic (exact) mass is 401 g/mol. The minimum absolute atomic E-state index is 0.0313. The molecule has 0 amide bonds. The third-order valence-corrected chi connectivity index (χ3v) is 5.39. The van der Waals surface area contributed by atoms with Crippen LogP contribution in [-0.2, 0) is 11.3 Å². The van der Waals surface area contributed by atoms with E-state index in [1.165, 1.54) is 0 Å². The maximum Gasteiger partial charge on any atom is 0.340 e. The Kier molecular flexibility index (Phi) is 6.27. The Hall–Kier alpha value is -2.80. The summed E-state index contributed by atoms with van der Waals surface area (Å²) in [4.78, 5) is 29.5. The number of aromatic amines is 1. The largest absolute Gasteiger partial charge is 0.486 e. The molecular weight excluding hydrogens is 372 g/mol. The highest BCUT2D eigenvalue weighted by Crippen LogP contribution is 2.30. The van der Waals surface area contributed by atoms with Crippen LogP contribution in [0.2, 0.25) is 0 Å². The molecule has 0 saturated carbocycles. The number of aromatic nitrogens is 1. The molecule has 1 unspecified atom stereocenters. The molecule has 2 N–H and O–H groups in total. The van der Waals surface area contributed by atoms with Crippen molar-refractivity contribution in [1.29, 1.82) is 0 Å². The van der Waals surface area contributed by atoms with Crippen LogP contribution in [0.1, 0.15) is 51.5 Å². The second kappa shape index (κ2) is 8.69. The molecule has 29 heavy (non-hydrogen) atoms. The lowest BCUT2D eigenvalue weighted by atomic mass is 10.0. The molecule has 0 bridgehead atoms. The average Bonchev–Trinajstić information content (AvgIpc) is 3.01. The van der Waals surface area contributed by atoms with Gasteiger partial charge in [0.25, 0.3) is 0 Å². The number of quaternary nitrogens is 1. The number of Topliss-reactive ketones (excluding diaryl/α,β-unsaturated/α-hetero) is 1. The molecule has 2 aromatic rings. The second-order valence-corrected chi connectivity index (χ2v) is 7.43. The number of ether oxygens (including phenoxy) is 3. The summed E-state index contributed by atoms with van der Waals surface area (Å²) in [6, 6.07) is 5.58. The molecular formula is C22H29N2O5+. The van der Waals surface area contributed by atoms with Crippen LogP contribution >= 0.6 is 0 Å². The van der Waals surface area contributed by atoms with Crippen LogP contribution in [0.5, 0.6) is 11.5 Å². The Morgan fingerprint density at radius 2 is 1.90 bits per heavy atom. The van der Waals surface area contributed by atoms with Crippen molar-refractivity contribution >= 4 is 11.8 Å². The molecule has 1 aliphatic rings. The molecule has 0 aliphatic carbocycles. The molecule has 0 spiro atoms. The summed E-state index contributed by atoms with van der Waals surface area (Å²) in [5.41, 5.74) is 3.29. The summed E-state index contributed by atoms with van der Waals surface area (Å²) < 4.78 is 16.3. The van der Waals surface area contributed by atoms with E-state index in [1.54, 1.807) is 20.8 Å². The first kappa shape index (κ1) is 20.9. The van der Waals surface area contributed by atoms with Crippen LogP contribution < -0.4 is 14.4 Å². The van der Waals surface area contributed by atoms with Gasteiger partial charge in [-0.15, -0.1) is 0 Å². The lowest BCUT2D eigenvalue weighted by molar-refractivity contribution is -0.907. The minimum atomic E-state index is -0.401. The number of aryl methyl sites for hydroxylation is 1. The topological polar surface area (TPSA) is 82.1 Å². The van der Waals surface area contributed by atoms with E-state index in [0.29, 0.717) is 48.9 Å². The van der Waals surface area contributed by atoms with Gasteiger partial charge in [0, 0.05) is 11.3 Å². The molecule has 0 fully saturated rings. The molecule has 3 rings (SSSR count).